The molecule has 0 atom stereocenters. The monoisotopic (exact) mass is 271 g/mol. The second-order valence-electron chi connectivity index (χ2n) is 4.83. The summed E-state index contributed by atoms with van der Waals surface area (Å²) in [6.45, 7) is 2.42. The minimum absolute atomic E-state index is 0.0987. The van der Waals surface area contributed by atoms with Gasteiger partial charge in [-0.1, -0.05) is 48.5 Å². The van der Waals surface area contributed by atoms with Gasteiger partial charge < -0.3 is 15.2 Å². The molecule has 0 heterocycles. The van der Waals surface area contributed by atoms with Gasteiger partial charge in [0.25, 0.3) is 0 Å². The zero-order valence-corrected chi connectivity index (χ0v) is 11.8. The van der Waals surface area contributed by atoms with Gasteiger partial charge in [-0.25, -0.2) is 0 Å². The van der Waals surface area contributed by atoms with Crippen LogP contribution in [0.4, 0.5) is 0 Å². The van der Waals surface area contributed by atoms with Crippen molar-refractivity contribution in [2.24, 2.45) is 0 Å². The highest BCUT2D eigenvalue weighted by Crippen LogP contribution is 2.07. The zero-order valence-electron chi connectivity index (χ0n) is 11.8. The molecule has 2 rings (SSSR count). The minimum atomic E-state index is 0.0987. The number of ether oxygens (including phenoxy) is 1. The van der Waals surface area contributed by atoms with Gasteiger partial charge in [0.15, 0.2) is 0 Å². The summed E-state index contributed by atoms with van der Waals surface area (Å²) in [5.74, 6) is 0. The Morgan fingerprint density at radius 2 is 1.25 bits per heavy atom. The molecule has 0 amide bonds. The first-order valence-electron chi connectivity index (χ1n) is 6.78. The van der Waals surface area contributed by atoms with Crippen molar-refractivity contribution in [2.75, 3.05) is 7.11 Å². The number of hydrogen-bond donors (Lipinski definition) is 2. The van der Waals surface area contributed by atoms with Crippen LogP contribution in [0.2, 0.25) is 0 Å². The molecule has 0 aliphatic carbocycles. The third-order valence-corrected chi connectivity index (χ3v) is 3.20. The van der Waals surface area contributed by atoms with E-state index in [1.165, 1.54) is 16.7 Å². The molecule has 0 saturated carbocycles. The quantitative estimate of drug-likeness (QED) is 0.813. The largest absolute Gasteiger partial charge is 0.392 e. The van der Waals surface area contributed by atoms with E-state index >= 15 is 0 Å². The Hall–Kier alpha value is -1.68. The molecule has 0 fully saturated rings. The summed E-state index contributed by atoms with van der Waals surface area (Å²) >= 11 is 0. The molecule has 0 spiro atoms. The fourth-order valence-electron chi connectivity index (χ4n) is 2.03. The lowest BCUT2D eigenvalue weighted by molar-refractivity contribution is 0.185. The van der Waals surface area contributed by atoms with Crippen molar-refractivity contribution >= 4 is 0 Å². The smallest absolute Gasteiger partial charge is 0.0713 e. The highest BCUT2D eigenvalue weighted by molar-refractivity contribution is 5.23. The van der Waals surface area contributed by atoms with Crippen molar-refractivity contribution in [2.45, 2.75) is 26.3 Å². The van der Waals surface area contributed by atoms with Crippen molar-refractivity contribution in [1.82, 2.24) is 5.32 Å². The van der Waals surface area contributed by atoms with E-state index in [9.17, 15) is 0 Å². The fraction of sp³-hybridized carbons (Fsp3) is 0.294. The first-order valence-corrected chi connectivity index (χ1v) is 6.78. The summed E-state index contributed by atoms with van der Waals surface area (Å²) in [6.07, 6.45) is 0. The van der Waals surface area contributed by atoms with Crippen molar-refractivity contribution in [3.63, 3.8) is 0 Å². The molecule has 20 heavy (non-hydrogen) atoms. The molecular weight excluding hydrogens is 250 g/mol. The van der Waals surface area contributed by atoms with Crippen LogP contribution in [0.3, 0.4) is 0 Å². The maximum atomic E-state index is 8.99. The van der Waals surface area contributed by atoms with E-state index in [0.717, 1.165) is 18.7 Å². The third-order valence-electron chi connectivity index (χ3n) is 3.20. The van der Waals surface area contributed by atoms with E-state index in [0.29, 0.717) is 6.61 Å². The van der Waals surface area contributed by atoms with Gasteiger partial charge in [-0.15, -0.1) is 0 Å². The van der Waals surface area contributed by atoms with Crippen LogP contribution in [-0.4, -0.2) is 12.2 Å². The number of benzene rings is 2. The van der Waals surface area contributed by atoms with E-state index in [1.54, 1.807) is 7.11 Å². The number of methoxy groups -OCH3 is 1. The number of aliphatic hydroxyl groups excluding tert-OH is 1. The predicted molar refractivity (Wildman–Crippen MR) is 80.1 cm³/mol. The van der Waals surface area contributed by atoms with Gasteiger partial charge in [0.1, 0.15) is 0 Å². The Kier molecular flexibility index (Phi) is 5.74. The first kappa shape index (κ1) is 14.7. The molecule has 2 aromatic rings. The molecule has 3 nitrogen and oxygen atoms in total. The number of rotatable bonds is 7. The molecule has 2 N–H and O–H groups in total. The Morgan fingerprint density at radius 1 is 0.800 bits per heavy atom. The van der Waals surface area contributed by atoms with Crippen LogP contribution in [-0.2, 0) is 31.0 Å². The lowest BCUT2D eigenvalue weighted by atomic mass is 10.1. The lowest BCUT2D eigenvalue weighted by Crippen LogP contribution is -2.12. The van der Waals surface area contributed by atoms with Crippen molar-refractivity contribution < 1.29 is 9.84 Å². The summed E-state index contributed by atoms with van der Waals surface area (Å²) < 4.78 is 5.09. The van der Waals surface area contributed by atoms with Crippen LogP contribution in [0, 0.1) is 0 Å². The molecule has 3 heteroatoms. The predicted octanol–water partition coefficient (Wildman–Crippen LogP) is 2.62. The maximum absolute atomic E-state index is 8.99. The molecule has 2 aromatic carbocycles. The average Bonchev–Trinajstić information content (AvgIpc) is 2.50. The first-order chi connectivity index (χ1) is 9.81. The average molecular weight is 271 g/mol. The third kappa shape index (κ3) is 4.46. The van der Waals surface area contributed by atoms with Crippen LogP contribution >= 0.6 is 0 Å². The SMILES string of the molecule is COCc1ccc(CNCc2ccc(CO)cc2)cc1. The number of hydrogen-bond acceptors (Lipinski definition) is 3. The number of nitrogens with one attached hydrogen (secondary N) is 1. The topological polar surface area (TPSA) is 41.5 Å². The minimum Gasteiger partial charge on any atom is -0.392 e. The molecular formula is C17H21NO2. The van der Waals surface area contributed by atoms with Gasteiger partial charge >= 0.3 is 0 Å². The Bertz CT molecular complexity index is 506. The van der Waals surface area contributed by atoms with Crippen LogP contribution in [0.5, 0.6) is 0 Å². The maximum Gasteiger partial charge on any atom is 0.0713 e. The lowest BCUT2D eigenvalue weighted by Gasteiger charge is -2.07. The van der Waals surface area contributed by atoms with Crippen LogP contribution in [0.1, 0.15) is 22.3 Å². The second kappa shape index (κ2) is 7.80. The van der Waals surface area contributed by atoms with Crippen LogP contribution < -0.4 is 5.32 Å². The van der Waals surface area contributed by atoms with Gasteiger partial charge in [-0.05, 0) is 22.3 Å². The summed E-state index contributed by atoms with van der Waals surface area (Å²) in [6, 6.07) is 16.4. The molecule has 106 valence electrons. The van der Waals surface area contributed by atoms with Crippen LogP contribution in [0.15, 0.2) is 48.5 Å². The Balaban J connectivity index is 1.79. The molecule has 0 saturated heterocycles. The molecule has 0 aliphatic rings. The van der Waals surface area contributed by atoms with E-state index in [2.05, 4.69) is 29.6 Å². The van der Waals surface area contributed by atoms with E-state index in [4.69, 9.17) is 9.84 Å². The van der Waals surface area contributed by atoms with E-state index < -0.39 is 0 Å². The van der Waals surface area contributed by atoms with Gasteiger partial charge in [0.2, 0.25) is 0 Å². The molecule has 0 aliphatic heterocycles. The normalized spacial score (nSPS) is 10.7. The van der Waals surface area contributed by atoms with Gasteiger partial charge in [-0.2, -0.15) is 0 Å². The van der Waals surface area contributed by atoms with E-state index in [1.807, 2.05) is 24.3 Å². The molecule has 0 bridgehead atoms. The van der Waals surface area contributed by atoms with Crippen molar-refractivity contribution in [1.29, 1.82) is 0 Å². The van der Waals surface area contributed by atoms with Crippen LogP contribution in [0.25, 0.3) is 0 Å². The second-order valence-corrected chi connectivity index (χ2v) is 4.83. The number of aliphatic hydroxyl groups is 1. The van der Waals surface area contributed by atoms with Gasteiger partial charge in [-0.3, -0.25) is 0 Å². The summed E-state index contributed by atoms with van der Waals surface area (Å²) in [4.78, 5) is 0. The van der Waals surface area contributed by atoms with E-state index in [-0.39, 0.29) is 6.61 Å². The molecule has 0 radical (unpaired) electrons. The highest BCUT2D eigenvalue weighted by Gasteiger charge is 1.96. The van der Waals surface area contributed by atoms with Crippen molar-refractivity contribution in [3.05, 3.63) is 70.8 Å². The Labute approximate surface area is 120 Å². The molecule has 0 aromatic heterocycles. The summed E-state index contributed by atoms with van der Waals surface area (Å²) in [5.41, 5.74) is 4.62. The van der Waals surface area contributed by atoms with Gasteiger partial charge in [0.05, 0.1) is 13.2 Å². The zero-order chi connectivity index (χ0) is 14.2. The highest BCUT2D eigenvalue weighted by atomic mass is 16.5. The summed E-state index contributed by atoms with van der Waals surface area (Å²) in [5, 5.41) is 12.4. The molecule has 0 unspecified atom stereocenters. The standard InChI is InChI=1S/C17H21NO2/c1-20-13-17-8-4-15(5-9-17)11-18-10-14-2-6-16(12-19)7-3-14/h2-9,18-19H,10-13H2,1H3. The van der Waals surface area contributed by atoms with Crippen molar-refractivity contribution in [3.8, 4) is 0 Å². The fourth-order valence-corrected chi connectivity index (χ4v) is 2.03. The summed E-state index contributed by atoms with van der Waals surface area (Å²) in [7, 11) is 1.71. The Morgan fingerprint density at radius 3 is 1.70 bits per heavy atom. The van der Waals surface area contributed by atoms with Gasteiger partial charge in [0, 0.05) is 20.2 Å².